The van der Waals surface area contributed by atoms with Crippen molar-refractivity contribution in [2.45, 2.75) is 24.5 Å². The predicted molar refractivity (Wildman–Crippen MR) is 88.5 cm³/mol. The number of nitrogens with one attached hydrogen (secondary N) is 3. The number of benzene rings is 1. The molecule has 4 rings (SSSR count). The highest BCUT2D eigenvalue weighted by molar-refractivity contribution is 7.89. The van der Waals surface area contributed by atoms with Crippen molar-refractivity contribution in [1.82, 2.24) is 19.8 Å². The number of ether oxygens (including phenoxy) is 1. The van der Waals surface area contributed by atoms with Gasteiger partial charge in [0.1, 0.15) is 5.75 Å². The zero-order valence-corrected chi connectivity index (χ0v) is 14.1. The fraction of sp³-hybridized carbons (Fsp3) is 0.333. The summed E-state index contributed by atoms with van der Waals surface area (Å²) in [6.07, 6.45) is 0. The molecular formula is C15H17N5O4S. The highest BCUT2D eigenvalue weighted by atomic mass is 32.2. The third-order valence-electron chi connectivity index (χ3n) is 4.06. The Bertz CT molecular complexity index is 914. The first kappa shape index (κ1) is 16.1. The van der Waals surface area contributed by atoms with Gasteiger partial charge in [-0.05, 0) is 24.3 Å². The number of carbonyl (C=O) groups excluding carboxylic acids is 1. The molecule has 0 unspecified atom stereocenters. The number of nitrogens with zero attached hydrogens (tertiary/aromatic N) is 2. The molecule has 2 aliphatic rings. The van der Waals surface area contributed by atoms with Crippen molar-refractivity contribution in [1.29, 1.82) is 0 Å². The molecule has 0 atom stereocenters. The second kappa shape index (κ2) is 6.14. The van der Waals surface area contributed by atoms with Crippen molar-refractivity contribution >= 4 is 21.6 Å². The van der Waals surface area contributed by atoms with Gasteiger partial charge in [0.25, 0.3) is 5.91 Å². The molecular weight excluding hydrogens is 346 g/mol. The summed E-state index contributed by atoms with van der Waals surface area (Å²) in [6, 6.07) is 6.25. The summed E-state index contributed by atoms with van der Waals surface area (Å²) in [7, 11) is -3.73. The van der Waals surface area contributed by atoms with Gasteiger partial charge in [-0.3, -0.25) is 9.48 Å². The Morgan fingerprint density at radius 3 is 3.04 bits per heavy atom. The van der Waals surface area contributed by atoms with Gasteiger partial charge in [-0.25, -0.2) is 13.1 Å². The first-order chi connectivity index (χ1) is 12.0. The van der Waals surface area contributed by atoms with E-state index in [0.29, 0.717) is 17.1 Å². The quantitative estimate of drug-likeness (QED) is 0.693. The van der Waals surface area contributed by atoms with E-state index in [9.17, 15) is 13.2 Å². The van der Waals surface area contributed by atoms with Crippen molar-refractivity contribution in [3.8, 4) is 5.75 Å². The minimum atomic E-state index is -3.73. The van der Waals surface area contributed by atoms with E-state index < -0.39 is 10.0 Å². The van der Waals surface area contributed by atoms with E-state index in [1.807, 2.05) is 10.7 Å². The van der Waals surface area contributed by atoms with E-state index in [1.165, 1.54) is 18.2 Å². The lowest BCUT2D eigenvalue weighted by Crippen LogP contribution is -2.28. The molecule has 3 N–H and O–H groups in total. The van der Waals surface area contributed by atoms with Gasteiger partial charge in [0, 0.05) is 13.1 Å². The van der Waals surface area contributed by atoms with Crippen LogP contribution < -0.4 is 20.1 Å². The highest BCUT2D eigenvalue weighted by Gasteiger charge is 2.21. The molecule has 1 aromatic carbocycles. The first-order valence-electron chi connectivity index (χ1n) is 7.84. The molecule has 2 aromatic rings. The predicted octanol–water partition coefficient (Wildman–Crippen LogP) is -0.204. The van der Waals surface area contributed by atoms with Crippen LogP contribution in [0.2, 0.25) is 0 Å². The van der Waals surface area contributed by atoms with Crippen LogP contribution in [0.1, 0.15) is 11.4 Å². The van der Waals surface area contributed by atoms with Crippen LogP contribution in [-0.2, 0) is 34.5 Å². The third-order valence-corrected chi connectivity index (χ3v) is 5.46. The van der Waals surface area contributed by atoms with Crippen molar-refractivity contribution in [2.24, 2.45) is 0 Å². The second-order valence-corrected chi connectivity index (χ2v) is 7.61. The van der Waals surface area contributed by atoms with Gasteiger partial charge in [0.2, 0.25) is 10.0 Å². The largest absolute Gasteiger partial charge is 0.482 e. The van der Waals surface area contributed by atoms with E-state index in [0.717, 1.165) is 25.3 Å². The van der Waals surface area contributed by atoms with Crippen LogP contribution in [0.5, 0.6) is 5.75 Å². The monoisotopic (exact) mass is 363 g/mol. The minimum absolute atomic E-state index is 0.0580. The van der Waals surface area contributed by atoms with Crippen molar-refractivity contribution < 1.29 is 17.9 Å². The van der Waals surface area contributed by atoms with E-state index in [2.05, 4.69) is 20.5 Å². The Hall–Kier alpha value is -2.43. The summed E-state index contributed by atoms with van der Waals surface area (Å²) in [5, 5.41) is 10.2. The molecule has 0 saturated heterocycles. The van der Waals surface area contributed by atoms with Gasteiger partial charge < -0.3 is 15.4 Å². The van der Waals surface area contributed by atoms with Crippen LogP contribution in [-0.4, -0.2) is 37.3 Å². The molecule has 0 aliphatic carbocycles. The summed E-state index contributed by atoms with van der Waals surface area (Å²) in [4.78, 5) is 11.4. The molecule has 0 radical (unpaired) electrons. The Morgan fingerprint density at radius 2 is 2.20 bits per heavy atom. The summed E-state index contributed by atoms with van der Waals surface area (Å²) >= 11 is 0. The maximum absolute atomic E-state index is 12.5. The molecule has 10 heteroatoms. The zero-order valence-electron chi connectivity index (χ0n) is 13.3. The van der Waals surface area contributed by atoms with Crippen LogP contribution in [0, 0.1) is 0 Å². The molecule has 25 heavy (non-hydrogen) atoms. The average Bonchev–Trinajstić information content (AvgIpc) is 3.02. The number of sulfonamides is 1. The molecule has 132 valence electrons. The Morgan fingerprint density at radius 1 is 1.32 bits per heavy atom. The number of carbonyl (C=O) groups is 1. The maximum atomic E-state index is 12.5. The molecule has 0 spiro atoms. The summed E-state index contributed by atoms with van der Waals surface area (Å²) < 4.78 is 34.7. The lowest BCUT2D eigenvalue weighted by atomic mass is 10.2. The van der Waals surface area contributed by atoms with E-state index in [1.54, 1.807) is 0 Å². The standard InChI is InChI=1S/C15H17N5O4S/c21-15-9-24-14-2-1-12(6-13(14)18-15)25(22,23)17-7-10-5-11-8-16-3-4-20(11)19-10/h1-2,5-6,16-17H,3-4,7-9H2,(H,18,21). The van der Waals surface area contributed by atoms with Crippen LogP contribution in [0.25, 0.3) is 0 Å². The fourth-order valence-corrected chi connectivity index (χ4v) is 3.85. The van der Waals surface area contributed by atoms with E-state index in [4.69, 9.17) is 4.74 Å². The van der Waals surface area contributed by atoms with Crippen molar-refractivity contribution in [3.05, 3.63) is 35.7 Å². The Balaban J connectivity index is 1.51. The minimum Gasteiger partial charge on any atom is -0.482 e. The highest BCUT2D eigenvalue weighted by Crippen LogP contribution is 2.30. The van der Waals surface area contributed by atoms with E-state index in [-0.39, 0.29) is 24.0 Å². The van der Waals surface area contributed by atoms with Gasteiger partial charge in [-0.1, -0.05) is 0 Å². The number of hydrogen-bond acceptors (Lipinski definition) is 6. The molecule has 9 nitrogen and oxygen atoms in total. The number of hydrogen-bond donors (Lipinski definition) is 3. The average molecular weight is 363 g/mol. The molecule has 0 fully saturated rings. The number of rotatable bonds is 4. The van der Waals surface area contributed by atoms with Crippen LogP contribution >= 0.6 is 0 Å². The van der Waals surface area contributed by atoms with Crippen LogP contribution in [0.15, 0.2) is 29.2 Å². The molecule has 2 aliphatic heterocycles. The second-order valence-electron chi connectivity index (χ2n) is 5.85. The fourth-order valence-electron chi connectivity index (χ4n) is 2.82. The SMILES string of the molecule is O=C1COc2ccc(S(=O)(=O)NCc3cc4n(n3)CCNC4)cc2N1. The molecule has 1 aromatic heterocycles. The van der Waals surface area contributed by atoms with Gasteiger partial charge in [0.05, 0.1) is 35.1 Å². The van der Waals surface area contributed by atoms with Crippen molar-refractivity contribution in [2.75, 3.05) is 18.5 Å². The Kier molecular flexibility index (Phi) is 3.94. The number of anilines is 1. The molecule has 3 heterocycles. The van der Waals surface area contributed by atoms with E-state index >= 15 is 0 Å². The van der Waals surface area contributed by atoms with Gasteiger partial charge in [-0.2, -0.15) is 5.10 Å². The summed E-state index contributed by atoms with van der Waals surface area (Å²) in [5.74, 6) is 0.139. The van der Waals surface area contributed by atoms with Gasteiger partial charge >= 0.3 is 0 Å². The first-order valence-corrected chi connectivity index (χ1v) is 9.32. The molecule has 0 saturated carbocycles. The molecule has 1 amide bonds. The number of aromatic nitrogens is 2. The smallest absolute Gasteiger partial charge is 0.262 e. The van der Waals surface area contributed by atoms with Crippen molar-refractivity contribution in [3.63, 3.8) is 0 Å². The third kappa shape index (κ3) is 3.23. The maximum Gasteiger partial charge on any atom is 0.262 e. The Labute approximate surface area is 144 Å². The van der Waals surface area contributed by atoms with Crippen LogP contribution in [0.4, 0.5) is 5.69 Å². The normalized spacial score (nSPS) is 16.6. The summed E-state index contributed by atoms with van der Waals surface area (Å²) in [6.45, 7) is 2.37. The molecule has 0 bridgehead atoms. The topological polar surface area (TPSA) is 114 Å². The number of amides is 1. The van der Waals surface area contributed by atoms with Gasteiger partial charge in [-0.15, -0.1) is 0 Å². The van der Waals surface area contributed by atoms with Gasteiger partial charge in [0.15, 0.2) is 6.61 Å². The summed E-state index contributed by atoms with van der Waals surface area (Å²) in [5.41, 5.74) is 2.05. The lowest BCUT2D eigenvalue weighted by Gasteiger charge is -2.18. The lowest BCUT2D eigenvalue weighted by molar-refractivity contribution is -0.118. The van der Waals surface area contributed by atoms with Crippen LogP contribution in [0.3, 0.4) is 0 Å². The number of fused-ring (bicyclic) bond motifs is 2. The zero-order chi connectivity index (χ0) is 17.4.